The Morgan fingerprint density at radius 1 is 0.468 bits per heavy atom. The molecule has 0 saturated heterocycles. The fourth-order valence-corrected chi connectivity index (χ4v) is 8.30. The molecular formula is C56H105NO5. The maximum absolute atomic E-state index is 13.2. The van der Waals surface area contributed by atoms with Crippen LogP contribution in [0.1, 0.15) is 284 Å². The molecule has 0 aliphatic heterocycles. The highest BCUT2D eigenvalue weighted by Crippen LogP contribution is 2.18. The molecule has 0 heterocycles. The Morgan fingerprint density at radius 3 is 1.26 bits per heavy atom. The predicted octanol–water partition coefficient (Wildman–Crippen LogP) is 16.5. The third kappa shape index (κ3) is 44.7. The van der Waals surface area contributed by atoms with Crippen LogP contribution in [0, 0.1) is 0 Å². The van der Waals surface area contributed by atoms with Gasteiger partial charge in [-0.1, -0.05) is 237 Å². The van der Waals surface area contributed by atoms with Gasteiger partial charge in [0, 0.05) is 6.42 Å². The molecule has 0 bridgehead atoms. The average molecular weight is 872 g/mol. The smallest absolute Gasteiger partial charge is 0.306 e. The van der Waals surface area contributed by atoms with Gasteiger partial charge in [-0.3, -0.25) is 9.59 Å². The van der Waals surface area contributed by atoms with Crippen LogP contribution in [0.2, 0.25) is 0 Å². The summed E-state index contributed by atoms with van der Waals surface area (Å²) in [6.07, 6.45) is 59.3. The average Bonchev–Trinajstić information content (AvgIpc) is 3.26. The molecule has 0 aromatic rings. The van der Waals surface area contributed by atoms with Gasteiger partial charge < -0.3 is 20.3 Å². The topological polar surface area (TPSA) is 95.9 Å². The lowest BCUT2D eigenvalue weighted by Gasteiger charge is -2.24. The summed E-state index contributed by atoms with van der Waals surface area (Å²) in [5.41, 5.74) is 0. The second kappa shape index (κ2) is 50.1. The molecule has 0 aromatic heterocycles. The van der Waals surface area contributed by atoms with E-state index in [0.29, 0.717) is 25.7 Å². The van der Waals surface area contributed by atoms with Gasteiger partial charge in [-0.05, 0) is 70.6 Å². The van der Waals surface area contributed by atoms with Crippen molar-refractivity contribution in [1.82, 2.24) is 5.32 Å². The molecule has 0 radical (unpaired) electrons. The van der Waals surface area contributed by atoms with E-state index in [1.54, 1.807) is 0 Å². The highest BCUT2D eigenvalue weighted by Gasteiger charge is 2.24. The lowest BCUT2D eigenvalue weighted by molar-refractivity contribution is -0.150. The third-order valence-electron chi connectivity index (χ3n) is 12.5. The summed E-state index contributed by atoms with van der Waals surface area (Å²) in [6.45, 7) is 6.47. The number of hydrogen-bond donors (Lipinski definition) is 3. The Labute approximate surface area is 385 Å². The quantitative estimate of drug-likeness (QED) is 0.0321. The Morgan fingerprint density at radius 2 is 0.823 bits per heavy atom. The van der Waals surface area contributed by atoms with Gasteiger partial charge in [0.05, 0.1) is 25.2 Å². The SMILES string of the molecule is CCCCCC/C=C\CCCCCCCC(CC(=O)NC(CO)C(O)CCCCCCCCCCCCCCCCCCC)OC(=O)CC/C=C/C/C=C\CCCCCCCC. The molecule has 1 amide bonds. The number of ether oxygens (including phenoxy) is 1. The van der Waals surface area contributed by atoms with Gasteiger partial charge in [-0.25, -0.2) is 0 Å². The molecule has 6 nitrogen and oxygen atoms in total. The summed E-state index contributed by atoms with van der Waals surface area (Å²) < 4.78 is 5.90. The third-order valence-corrected chi connectivity index (χ3v) is 12.5. The van der Waals surface area contributed by atoms with Gasteiger partial charge >= 0.3 is 5.97 Å². The summed E-state index contributed by atoms with van der Waals surface area (Å²) in [4.78, 5) is 26.1. The van der Waals surface area contributed by atoms with Crippen LogP contribution < -0.4 is 5.32 Å². The fourth-order valence-electron chi connectivity index (χ4n) is 8.30. The molecule has 0 aliphatic carbocycles. The van der Waals surface area contributed by atoms with Crippen LogP contribution >= 0.6 is 0 Å². The molecule has 3 atom stereocenters. The van der Waals surface area contributed by atoms with Crippen LogP contribution in [0.15, 0.2) is 36.5 Å². The van der Waals surface area contributed by atoms with Crippen molar-refractivity contribution < 1.29 is 24.5 Å². The zero-order valence-corrected chi connectivity index (χ0v) is 41.5. The minimum atomic E-state index is -0.797. The van der Waals surface area contributed by atoms with Crippen LogP contribution in [0.4, 0.5) is 0 Å². The number of esters is 1. The first-order valence-electron chi connectivity index (χ1n) is 27.2. The largest absolute Gasteiger partial charge is 0.462 e. The molecule has 0 rings (SSSR count). The summed E-state index contributed by atoms with van der Waals surface area (Å²) in [5, 5.41) is 23.8. The van der Waals surface area contributed by atoms with Gasteiger partial charge in [-0.15, -0.1) is 0 Å². The van der Waals surface area contributed by atoms with E-state index in [0.717, 1.165) is 57.8 Å². The first-order chi connectivity index (χ1) is 30.5. The number of aliphatic hydroxyl groups is 2. The lowest BCUT2D eigenvalue weighted by atomic mass is 10.0. The highest BCUT2D eigenvalue weighted by molar-refractivity contribution is 5.77. The number of hydrogen-bond acceptors (Lipinski definition) is 5. The molecule has 364 valence electrons. The van der Waals surface area contributed by atoms with Crippen molar-refractivity contribution in [3.63, 3.8) is 0 Å². The molecule has 62 heavy (non-hydrogen) atoms. The summed E-state index contributed by atoms with van der Waals surface area (Å²) in [5.74, 6) is -0.553. The first-order valence-corrected chi connectivity index (χ1v) is 27.2. The van der Waals surface area contributed by atoms with E-state index >= 15 is 0 Å². The molecule has 0 fully saturated rings. The maximum Gasteiger partial charge on any atom is 0.306 e. The van der Waals surface area contributed by atoms with E-state index in [4.69, 9.17) is 4.74 Å². The molecule has 6 heteroatoms. The molecule has 3 N–H and O–H groups in total. The maximum atomic E-state index is 13.2. The van der Waals surface area contributed by atoms with E-state index in [1.807, 2.05) is 6.08 Å². The van der Waals surface area contributed by atoms with Crippen LogP contribution in [-0.4, -0.2) is 46.9 Å². The van der Waals surface area contributed by atoms with Gasteiger partial charge in [0.1, 0.15) is 6.10 Å². The van der Waals surface area contributed by atoms with Gasteiger partial charge in [0.15, 0.2) is 0 Å². The van der Waals surface area contributed by atoms with Crippen molar-refractivity contribution in [3.8, 4) is 0 Å². The number of nitrogens with one attached hydrogen (secondary N) is 1. The van der Waals surface area contributed by atoms with Crippen molar-refractivity contribution in [2.75, 3.05) is 6.61 Å². The normalized spacial score (nSPS) is 13.4. The second-order valence-electron chi connectivity index (χ2n) is 18.6. The lowest BCUT2D eigenvalue weighted by Crippen LogP contribution is -2.46. The first kappa shape index (κ1) is 60.1. The van der Waals surface area contributed by atoms with Crippen LogP contribution in [-0.2, 0) is 14.3 Å². The van der Waals surface area contributed by atoms with Gasteiger partial charge in [0.2, 0.25) is 5.91 Å². The monoisotopic (exact) mass is 872 g/mol. The summed E-state index contributed by atoms with van der Waals surface area (Å²) >= 11 is 0. The van der Waals surface area contributed by atoms with Gasteiger partial charge in [-0.2, -0.15) is 0 Å². The predicted molar refractivity (Wildman–Crippen MR) is 269 cm³/mol. The standard InChI is InChI=1S/C56H105NO5/c1-4-7-10-13-16-19-22-25-26-27-28-31-33-36-39-42-45-48-54(59)53(51-58)57-55(60)50-52(47-44-41-38-35-32-29-23-20-17-14-11-8-5-2)62-56(61)49-46-43-40-37-34-30-24-21-18-15-12-9-6-3/h20,23,30,34,40,43,52-54,58-59H,4-19,21-22,24-29,31-33,35-39,41-42,44-51H2,1-3H3,(H,57,60)/b23-20-,34-30-,43-40+. The van der Waals surface area contributed by atoms with E-state index in [2.05, 4.69) is 56.5 Å². The number of allylic oxidation sites excluding steroid dienone is 6. The van der Waals surface area contributed by atoms with Crippen molar-refractivity contribution in [2.45, 2.75) is 302 Å². The minimum Gasteiger partial charge on any atom is -0.462 e. The number of amides is 1. The van der Waals surface area contributed by atoms with E-state index < -0.39 is 18.2 Å². The molecular weight excluding hydrogens is 767 g/mol. The number of carbonyl (C=O) groups is 2. The molecule has 0 aliphatic rings. The van der Waals surface area contributed by atoms with Crippen molar-refractivity contribution in [3.05, 3.63) is 36.5 Å². The van der Waals surface area contributed by atoms with Crippen LogP contribution in [0.5, 0.6) is 0 Å². The van der Waals surface area contributed by atoms with Gasteiger partial charge in [0.25, 0.3) is 0 Å². The molecule has 0 saturated carbocycles. The number of aliphatic hydroxyl groups excluding tert-OH is 2. The summed E-state index contributed by atoms with van der Waals surface area (Å²) in [6, 6.07) is -0.713. The number of rotatable bonds is 49. The summed E-state index contributed by atoms with van der Waals surface area (Å²) in [7, 11) is 0. The van der Waals surface area contributed by atoms with Crippen molar-refractivity contribution in [2.24, 2.45) is 0 Å². The molecule has 0 aromatic carbocycles. The van der Waals surface area contributed by atoms with Crippen molar-refractivity contribution >= 4 is 11.9 Å². The Bertz CT molecular complexity index is 1020. The number of unbranched alkanes of at least 4 members (excludes halogenated alkanes) is 31. The van der Waals surface area contributed by atoms with Crippen molar-refractivity contribution in [1.29, 1.82) is 0 Å². The second-order valence-corrected chi connectivity index (χ2v) is 18.6. The van der Waals surface area contributed by atoms with Crippen LogP contribution in [0.25, 0.3) is 0 Å². The fraction of sp³-hybridized carbons (Fsp3) is 0.857. The van der Waals surface area contributed by atoms with E-state index in [1.165, 1.54) is 173 Å². The molecule has 0 spiro atoms. The highest BCUT2D eigenvalue weighted by atomic mass is 16.5. The Balaban J connectivity index is 4.56. The Kier molecular flexibility index (Phi) is 48.5. The van der Waals surface area contributed by atoms with E-state index in [9.17, 15) is 19.8 Å². The zero-order chi connectivity index (χ0) is 45.2. The van der Waals surface area contributed by atoms with Crippen LogP contribution in [0.3, 0.4) is 0 Å². The van der Waals surface area contributed by atoms with E-state index in [-0.39, 0.29) is 24.9 Å². The molecule has 3 unspecified atom stereocenters. The Hall–Kier alpha value is -1.92. The number of carbonyl (C=O) groups excluding carboxylic acids is 2. The zero-order valence-electron chi connectivity index (χ0n) is 41.5. The minimum absolute atomic E-state index is 0.0520.